The summed E-state index contributed by atoms with van der Waals surface area (Å²) < 4.78 is 5.87. The van der Waals surface area contributed by atoms with Gasteiger partial charge in [-0.1, -0.05) is 18.6 Å². The molecule has 2 heterocycles. The van der Waals surface area contributed by atoms with Crippen molar-refractivity contribution < 1.29 is 4.74 Å². The van der Waals surface area contributed by atoms with Crippen molar-refractivity contribution in [2.24, 2.45) is 16.5 Å². The molecule has 1 aromatic carbocycles. The molecule has 1 fully saturated rings. The SMILES string of the molecule is NC1=NC(N)(CCCOc2cccc(CN3CCCCC3)c2)NN1. The van der Waals surface area contributed by atoms with E-state index in [2.05, 4.69) is 38.9 Å². The van der Waals surface area contributed by atoms with Crippen LogP contribution >= 0.6 is 0 Å². The second-order valence-electron chi connectivity index (χ2n) is 6.61. The molecule has 1 saturated heterocycles. The lowest BCUT2D eigenvalue weighted by Gasteiger charge is -2.26. The van der Waals surface area contributed by atoms with Gasteiger partial charge in [-0.2, -0.15) is 5.43 Å². The number of piperidine rings is 1. The van der Waals surface area contributed by atoms with E-state index in [1.165, 1.54) is 37.9 Å². The number of nitrogens with zero attached hydrogens (tertiary/aromatic N) is 2. The molecule has 24 heavy (non-hydrogen) atoms. The van der Waals surface area contributed by atoms with E-state index >= 15 is 0 Å². The smallest absolute Gasteiger partial charge is 0.206 e. The monoisotopic (exact) mass is 332 g/mol. The van der Waals surface area contributed by atoms with Gasteiger partial charge in [0, 0.05) is 13.0 Å². The topological polar surface area (TPSA) is 101 Å². The minimum atomic E-state index is -0.830. The Morgan fingerprint density at radius 3 is 2.83 bits per heavy atom. The molecule has 1 unspecified atom stereocenters. The van der Waals surface area contributed by atoms with E-state index in [9.17, 15) is 0 Å². The summed E-state index contributed by atoms with van der Waals surface area (Å²) in [4.78, 5) is 6.65. The summed E-state index contributed by atoms with van der Waals surface area (Å²) in [6.07, 6.45) is 5.43. The highest BCUT2D eigenvalue weighted by Crippen LogP contribution is 2.18. The maximum absolute atomic E-state index is 6.05. The van der Waals surface area contributed by atoms with Crippen molar-refractivity contribution in [1.29, 1.82) is 0 Å². The molecule has 1 atom stereocenters. The van der Waals surface area contributed by atoms with Crippen LogP contribution in [0.1, 0.15) is 37.7 Å². The van der Waals surface area contributed by atoms with E-state index < -0.39 is 5.79 Å². The highest BCUT2D eigenvalue weighted by molar-refractivity contribution is 5.79. The maximum Gasteiger partial charge on any atom is 0.206 e. The molecule has 0 bridgehead atoms. The van der Waals surface area contributed by atoms with Crippen LogP contribution in [-0.4, -0.2) is 36.3 Å². The second-order valence-corrected chi connectivity index (χ2v) is 6.61. The summed E-state index contributed by atoms with van der Waals surface area (Å²) in [5, 5.41) is 0. The minimum absolute atomic E-state index is 0.323. The van der Waals surface area contributed by atoms with Crippen LogP contribution in [0.2, 0.25) is 0 Å². The maximum atomic E-state index is 6.05. The van der Waals surface area contributed by atoms with Crippen molar-refractivity contribution in [1.82, 2.24) is 15.8 Å². The Hall–Kier alpha value is -1.83. The van der Waals surface area contributed by atoms with Gasteiger partial charge < -0.3 is 10.5 Å². The first-order chi connectivity index (χ1) is 11.6. The Labute approximate surface area is 143 Å². The van der Waals surface area contributed by atoms with E-state index in [0.717, 1.165) is 18.7 Å². The molecule has 1 aromatic rings. The van der Waals surface area contributed by atoms with E-state index in [4.69, 9.17) is 16.2 Å². The molecule has 3 rings (SSSR count). The number of likely N-dealkylation sites (tertiary alicyclic amines) is 1. The quantitative estimate of drug-likeness (QED) is 0.553. The van der Waals surface area contributed by atoms with Gasteiger partial charge in [0.25, 0.3) is 0 Å². The second kappa shape index (κ2) is 7.83. The average molecular weight is 332 g/mol. The molecule has 0 amide bonds. The molecular weight excluding hydrogens is 304 g/mol. The molecule has 0 saturated carbocycles. The number of guanidine groups is 1. The zero-order chi connectivity index (χ0) is 16.8. The van der Waals surface area contributed by atoms with Crippen molar-refractivity contribution in [2.45, 2.75) is 44.4 Å². The van der Waals surface area contributed by atoms with Gasteiger partial charge in [-0.25, -0.2) is 4.99 Å². The van der Waals surface area contributed by atoms with Crippen LogP contribution < -0.4 is 27.1 Å². The molecular formula is C17H28N6O. The van der Waals surface area contributed by atoms with Gasteiger partial charge >= 0.3 is 0 Å². The van der Waals surface area contributed by atoms with Crippen LogP contribution in [0.3, 0.4) is 0 Å². The first-order valence-corrected chi connectivity index (χ1v) is 8.74. The standard InChI is InChI=1S/C17H28N6O/c18-16-20-17(19,22-21-16)8-5-11-24-15-7-4-6-14(12-15)13-23-9-2-1-3-10-23/h4,6-7,12,22H,1-3,5,8-11,13,19H2,(H3,18,20,21). The molecule has 2 aliphatic rings. The van der Waals surface area contributed by atoms with Crippen molar-refractivity contribution in [3.63, 3.8) is 0 Å². The van der Waals surface area contributed by atoms with Gasteiger partial charge in [0.05, 0.1) is 6.61 Å². The highest BCUT2D eigenvalue weighted by atomic mass is 16.5. The van der Waals surface area contributed by atoms with Gasteiger partial charge in [-0.15, -0.1) is 0 Å². The largest absolute Gasteiger partial charge is 0.494 e. The molecule has 6 N–H and O–H groups in total. The summed E-state index contributed by atoms with van der Waals surface area (Å²) in [6.45, 7) is 4.01. The fourth-order valence-corrected chi connectivity index (χ4v) is 3.20. The Morgan fingerprint density at radius 2 is 2.08 bits per heavy atom. The Bertz CT molecular complexity index is 572. The van der Waals surface area contributed by atoms with E-state index in [-0.39, 0.29) is 0 Å². The molecule has 0 radical (unpaired) electrons. The first kappa shape index (κ1) is 17.0. The van der Waals surface area contributed by atoms with E-state index in [1.807, 2.05) is 6.07 Å². The number of hydrazine groups is 1. The summed E-state index contributed by atoms with van der Waals surface area (Å²) >= 11 is 0. The molecule has 132 valence electrons. The Morgan fingerprint density at radius 1 is 1.25 bits per heavy atom. The summed E-state index contributed by atoms with van der Waals surface area (Å²) in [6, 6.07) is 8.37. The Balaban J connectivity index is 1.43. The third-order valence-corrected chi connectivity index (χ3v) is 4.45. The Kier molecular flexibility index (Phi) is 5.55. The van der Waals surface area contributed by atoms with E-state index in [0.29, 0.717) is 19.0 Å². The minimum Gasteiger partial charge on any atom is -0.494 e. The molecule has 0 spiro atoms. The highest BCUT2D eigenvalue weighted by Gasteiger charge is 2.28. The lowest BCUT2D eigenvalue weighted by Crippen LogP contribution is -2.53. The van der Waals surface area contributed by atoms with Gasteiger partial charge in [0.15, 0.2) is 5.79 Å². The lowest BCUT2D eigenvalue weighted by molar-refractivity contribution is 0.220. The van der Waals surface area contributed by atoms with Gasteiger partial charge in [0.1, 0.15) is 5.75 Å². The molecule has 7 heteroatoms. The zero-order valence-corrected chi connectivity index (χ0v) is 14.1. The fourth-order valence-electron chi connectivity index (χ4n) is 3.20. The summed E-state index contributed by atoms with van der Waals surface area (Å²) in [5.41, 5.74) is 18.5. The zero-order valence-electron chi connectivity index (χ0n) is 14.1. The van der Waals surface area contributed by atoms with Crippen molar-refractivity contribution in [3.8, 4) is 5.75 Å². The predicted octanol–water partition coefficient (Wildman–Crippen LogP) is 0.866. The van der Waals surface area contributed by atoms with Crippen LogP contribution in [0.4, 0.5) is 0 Å². The van der Waals surface area contributed by atoms with E-state index in [1.54, 1.807) is 0 Å². The summed E-state index contributed by atoms with van der Waals surface area (Å²) in [7, 11) is 0. The normalized spacial score (nSPS) is 24.5. The van der Waals surface area contributed by atoms with Gasteiger partial charge in [0.2, 0.25) is 5.96 Å². The van der Waals surface area contributed by atoms with Crippen LogP contribution in [0.25, 0.3) is 0 Å². The van der Waals surface area contributed by atoms with Crippen molar-refractivity contribution >= 4 is 5.96 Å². The molecule has 2 aliphatic heterocycles. The van der Waals surface area contributed by atoms with Crippen LogP contribution in [0, 0.1) is 0 Å². The number of ether oxygens (including phenoxy) is 1. The molecule has 0 aliphatic carbocycles. The van der Waals surface area contributed by atoms with Crippen molar-refractivity contribution in [2.75, 3.05) is 19.7 Å². The number of rotatable bonds is 7. The summed E-state index contributed by atoms with van der Waals surface area (Å²) in [5.74, 6) is 0.406. The van der Waals surface area contributed by atoms with Gasteiger partial charge in [-0.3, -0.25) is 16.1 Å². The number of hydrogen-bond acceptors (Lipinski definition) is 7. The number of nitrogens with two attached hydrogens (primary N) is 2. The number of aliphatic imine (C=N–C) groups is 1. The van der Waals surface area contributed by atoms with Crippen molar-refractivity contribution in [3.05, 3.63) is 29.8 Å². The van der Waals surface area contributed by atoms with Crippen LogP contribution in [-0.2, 0) is 6.54 Å². The predicted molar refractivity (Wildman–Crippen MR) is 95.1 cm³/mol. The third-order valence-electron chi connectivity index (χ3n) is 4.45. The van der Waals surface area contributed by atoms with Crippen LogP contribution in [0.5, 0.6) is 5.75 Å². The number of hydrogen-bond donors (Lipinski definition) is 4. The number of nitrogens with one attached hydrogen (secondary N) is 2. The number of benzene rings is 1. The third kappa shape index (κ3) is 4.83. The molecule has 0 aromatic heterocycles. The average Bonchev–Trinajstić information content (AvgIpc) is 2.92. The fraction of sp³-hybridized carbons (Fsp3) is 0.588. The van der Waals surface area contributed by atoms with Crippen LogP contribution in [0.15, 0.2) is 29.3 Å². The molecule has 7 nitrogen and oxygen atoms in total. The van der Waals surface area contributed by atoms with Gasteiger partial charge in [-0.05, 0) is 50.0 Å². The lowest BCUT2D eigenvalue weighted by atomic mass is 10.1. The first-order valence-electron chi connectivity index (χ1n) is 8.74.